The van der Waals surface area contributed by atoms with Gasteiger partial charge in [0.15, 0.2) is 23.0 Å². The zero-order valence-electron chi connectivity index (χ0n) is 16.2. The van der Waals surface area contributed by atoms with Gasteiger partial charge in [-0.25, -0.2) is 4.79 Å². The van der Waals surface area contributed by atoms with Gasteiger partial charge >= 0.3 is 5.97 Å². The third-order valence-corrected chi connectivity index (χ3v) is 5.58. The average molecular weight is 422 g/mol. The van der Waals surface area contributed by atoms with Crippen LogP contribution in [-0.2, 0) is 11.2 Å². The second-order valence-corrected chi connectivity index (χ2v) is 7.18. The number of benzene rings is 2. The molecule has 0 aromatic heterocycles. The number of aromatic hydroxyl groups is 3. The Morgan fingerprint density at radius 1 is 1.03 bits per heavy atom. The topological polar surface area (TPSA) is 177 Å². The number of phenols is 3. The summed E-state index contributed by atoms with van der Waals surface area (Å²) in [7, 11) is 2.51. The number of aliphatic carboxylic acids is 1. The molecule has 10 heteroatoms. The van der Waals surface area contributed by atoms with Crippen LogP contribution in [0.25, 0.3) is 0 Å². The van der Waals surface area contributed by atoms with E-state index in [1.54, 1.807) is 0 Å². The quantitative estimate of drug-likeness (QED) is 0.326. The van der Waals surface area contributed by atoms with Crippen molar-refractivity contribution in [2.45, 2.75) is 23.5 Å². The summed E-state index contributed by atoms with van der Waals surface area (Å²) >= 11 is 0. The Bertz CT molecular complexity index is 1000. The van der Waals surface area contributed by atoms with Gasteiger partial charge in [0.1, 0.15) is 5.60 Å². The molecule has 1 aliphatic rings. The first-order valence-corrected chi connectivity index (χ1v) is 8.82. The van der Waals surface area contributed by atoms with Crippen LogP contribution >= 0.6 is 0 Å². The summed E-state index contributed by atoms with van der Waals surface area (Å²) in [5.41, 5.74) is -5.14. The van der Waals surface area contributed by atoms with Crippen molar-refractivity contribution >= 4 is 5.97 Å². The zero-order valence-corrected chi connectivity index (χ0v) is 16.2. The second-order valence-electron chi connectivity index (χ2n) is 7.18. The van der Waals surface area contributed by atoms with Gasteiger partial charge in [-0.1, -0.05) is 0 Å². The summed E-state index contributed by atoms with van der Waals surface area (Å²) in [6.45, 7) is -1.10. The molecule has 2 aromatic carbocycles. The summed E-state index contributed by atoms with van der Waals surface area (Å²) < 4.78 is 10.1. The minimum absolute atomic E-state index is 0.0414. The molecule has 0 spiro atoms. The average Bonchev–Trinajstić information content (AvgIpc) is 2.71. The Morgan fingerprint density at radius 3 is 2.20 bits per heavy atom. The smallest absolute Gasteiger partial charge is 0.339 e. The molecule has 0 heterocycles. The summed E-state index contributed by atoms with van der Waals surface area (Å²) in [6, 6.07) is 4.73. The van der Waals surface area contributed by atoms with Crippen LogP contribution in [-0.4, -0.2) is 73.7 Å². The highest BCUT2D eigenvalue weighted by Crippen LogP contribution is 2.52. The van der Waals surface area contributed by atoms with Crippen LogP contribution in [0, 0.1) is 0 Å². The van der Waals surface area contributed by atoms with E-state index in [0.717, 1.165) is 6.07 Å². The predicted octanol–water partition coefficient (Wildman–Crippen LogP) is 0.0477. The van der Waals surface area contributed by atoms with Crippen LogP contribution in [0.15, 0.2) is 24.3 Å². The molecular formula is C20H22O10. The van der Waals surface area contributed by atoms with Crippen molar-refractivity contribution in [2.75, 3.05) is 20.8 Å². The fourth-order valence-electron chi connectivity index (χ4n) is 4.01. The highest BCUT2D eigenvalue weighted by atomic mass is 16.5. The summed E-state index contributed by atoms with van der Waals surface area (Å²) in [4.78, 5) is 12.2. The number of carbonyl (C=O) groups is 1. The van der Waals surface area contributed by atoms with E-state index >= 15 is 0 Å². The minimum atomic E-state index is -2.97. The van der Waals surface area contributed by atoms with Crippen LogP contribution in [0.4, 0.5) is 0 Å². The molecule has 0 radical (unpaired) electrons. The Balaban J connectivity index is 2.41. The number of phenolic OH excluding ortho intramolecular Hbond substituents is 3. The maximum Gasteiger partial charge on any atom is 0.339 e. The van der Waals surface area contributed by atoms with Gasteiger partial charge < -0.3 is 45.2 Å². The Morgan fingerprint density at radius 2 is 1.67 bits per heavy atom. The van der Waals surface area contributed by atoms with E-state index in [4.69, 9.17) is 9.47 Å². The lowest BCUT2D eigenvalue weighted by molar-refractivity contribution is -0.208. The Labute approximate surface area is 170 Å². The number of aliphatic hydroxyl groups excluding tert-OH is 1. The molecule has 0 saturated carbocycles. The van der Waals surface area contributed by atoms with E-state index in [9.17, 15) is 40.5 Å². The van der Waals surface area contributed by atoms with E-state index in [-0.39, 0.29) is 28.4 Å². The zero-order chi connectivity index (χ0) is 22.4. The Kier molecular flexibility index (Phi) is 5.19. The van der Waals surface area contributed by atoms with Crippen molar-refractivity contribution in [3.8, 4) is 28.7 Å². The van der Waals surface area contributed by atoms with E-state index in [0.29, 0.717) is 5.56 Å². The fraction of sp³-hybridized carbons (Fsp3) is 0.350. The van der Waals surface area contributed by atoms with Crippen LogP contribution in [0.3, 0.4) is 0 Å². The van der Waals surface area contributed by atoms with Gasteiger partial charge in [0.25, 0.3) is 0 Å². The van der Waals surface area contributed by atoms with Crippen molar-refractivity contribution in [3.63, 3.8) is 0 Å². The normalized spacial score (nSPS) is 25.4. The molecule has 162 valence electrons. The summed E-state index contributed by atoms with van der Waals surface area (Å²) in [5, 5.41) is 72.2. The van der Waals surface area contributed by atoms with E-state index in [1.165, 1.54) is 32.4 Å². The number of hydrogen-bond donors (Lipinski definition) is 7. The summed E-state index contributed by atoms with van der Waals surface area (Å²) in [5.74, 6) is -5.20. The predicted molar refractivity (Wildman–Crippen MR) is 101 cm³/mol. The maximum absolute atomic E-state index is 12.2. The largest absolute Gasteiger partial charge is 0.504 e. The summed E-state index contributed by atoms with van der Waals surface area (Å²) in [6.07, 6.45) is -0.462. The van der Waals surface area contributed by atoms with Gasteiger partial charge in [0, 0.05) is 6.42 Å². The second kappa shape index (κ2) is 7.24. The SMILES string of the molecule is COc1cc2c(cc1O)C(c1cc(O)c(O)c(OC)c1)C(O)(C(=O)O)C(O)(CO)C2. The first-order chi connectivity index (χ1) is 14.0. The molecule has 1 aliphatic carbocycles. The molecule has 10 nitrogen and oxygen atoms in total. The van der Waals surface area contributed by atoms with E-state index in [1.807, 2.05) is 0 Å². The number of carboxylic acid groups (broad SMARTS) is 1. The van der Waals surface area contributed by atoms with Crippen molar-refractivity contribution in [3.05, 3.63) is 41.0 Å². The number of hydrogen-bond acceptors (Lipinski definition) is 9. The molecule has 7 N–H and O–H groups in total. The molecule has 3 unspecified atom stereocenters. The van der Waals surface area contributed by atoms with Gasteiger partial charge in [-0.3, -0.25) is 0 Å². The van der Waals surface area contributed by atoms with Crippen molar-refractivity contribution < 1.29 is 50.0 Å². The van der Waals surface area contributed by atoms with Gasteiger partial charge in [-0.2, -0.15) is 0 Å². The molecule has 0 fully saturated rings. The number of carboxylic acids is 1. The van der Waals surface area contributed by atoms with Crippen molar-refractivity contribution in [1.29, 1.82) is 0 Å². The number of methoxy groups -OCH3 is 2. The molecule has 0 saturated heterocycles. The number of aliphatic hydroxyl groups is 3. The number of rotatable bonds is 5. The molecule has 0 aliphatic heterocycles. The van der Waals surface area contributed by atoms with Crippen molar-refractivity contribution in [1.82, 2.24) is 0 Å². The standard InChI is InChI=1S/C20H22O10/c1-29-14-5-10-7-19(27,8-21)20(28,18(25)26)16(11(10)6-12(14)22)9-3-13(23)17(24)15(4-9)30-2/h3-6,16,21-24,27-28H,7-8H2,1-2H3,(H,25,26). The van der Waals surface area contributed by atoms with Crippen molar-refractivity contribution in [2.24, 2.45) is 0 Å². The first-order valence-electron chi connectivity index (χ1n) is 8.82. The molecule has 2 aromatic rings. The van der Waals surface area contributed by atoms with Gasteiger partial charge in [-0.15, -0.1) is 0 Å². The molecule has 0 amide bonds. The minimum Gasteiger partial charge on any atom is -0.504 e. The third kappa shape index (κ3) is 2.88. The lowest BCUT2D eigenvalue weighted by Crippen LogP contribution is -2.67. The lowest BCUT2D eigenvalue weighted by atomic mass is 9.61. The highest BCUT2D eigenvalue weighted by molar-refractivity contribution is 5.83. The van der Waals surface area contributed by atoms with Crippen LogP contribution in [0.1, 0.15) is 22.6 Å². The van der Waals surface area contributed by atoms with Gasteiger partial charge in [0.2, 0.25) is 11.4 Å². The first kappa shape index (κ1) is 21.5. The highest BCUT2D eigenvalue weighted by Gasteiger charge is 2.63. The molecule has 30 heavy (non-hydrogen) atoms. The van der Waals surface area contributed by atoms with E-state index < -0.39 is 47.6 Å². The molecule has 3 rings (SSSR count). The third-order valence-electron chi connectivity index (χ3n) is 5.58. The van der Waals surface area contributed by atoms with Gasteiger partial charge in [0.05, 0.1) is 26.7 Å². The molecule has 0 bridgehead atoms. The molecular weight excluding hydrogens is 400 g/mol. The van der Waals surface area contributed by atoms with E-state index in [2.05, 4.69) is 0 Å². The van der Waals surface area contributed by atoms with Crippen LogP contribution in [0.5, 0.6) is 28.7 Å². The fourth-order valence-corrected chi connectivity index (χ4v) is 4.01. The monoisotopic (exact) mass is 422 g/mol. The maximum atomic E-state index is 12.2. The van der Waals surface area contributed by atoms with Crippen LogP contribution < -0.4 is 9.47 Å². The lowest BCUT2D eigenvalue weighted by Gasteiger charge is -2.48. The van der Waals surface area contributed by atoms with Gasteiger partial charge in [-0.05, 0) is 41.0 Å². The Hall–Kier alpha value is -3.21. The van der Waals surface area contributed by atoms with Crippen LogP contribution in [0.2, 0.25) is 0 Å². The number of fused-ring (bicyclic) bond motifs is 1. The number of ether oxygens (including phenoxy) is 2. The molecule has 3 atom stereocenters.